The van der Waals surface area contributed by atoms with E-state index in [2.05, 4.69) is 10.2 Å². The van der Waals surface area contributed by atoms with Crippen LogP contribution in [-0.4, -0.2) is 58.8 Å². The Labute approximate surface area is 116 Å². The van der Waals surface area contributed by atoms with E-state index < -0.39 is 26.6 Å². The van der Waals surface area contributed by atoms with Gasteiger partial charge in [-0.05, 0) is 20.8 Å². The van der Waals surface area contributed by atoms with E-state index in [0.29, 0.717) is 0 Å². The molecule has 112 valence electrons. The van der Waals surface area contributed by atoms with Crippen LogP contribution in [0.5, 0.6) is 0 Å². The summed E-state index contributed by atoms with van der Waals surface area (Å²) in [6, 6.07) is 0. The minimum Gasteiger partial charge on any atom is -0.478 e. The summed E-state index contributed by atoms with van der Waals surface area (Å²) < 4.78 is 32.0. The SMILES string of the molecule is CC1CN(S(=O)(=O)c2[nH]ncc2C(=O)O)CC(C)(C)O1. The van der Waals surface area contributed by atoms with E-state index >= 15 is 0 Å². The second-order valence-corrected chi connectivity index (χ2v) is 7.28. The Balaban J connectivity index is 2.40. The van der Waals surface area contributed by atoms with E-state index in [1.165, 1.54) is 4.31 Å². The molecule has 1 unspecified atom stereocenters. The van der Waals surface area contributed by atoms with Gasteiger partial charge in [0.25, 0.3) is 10.0 Å². The standard InChI is InChI=1S/C11H17N3O5S/c1-7-5-14(6-11(2,3)19-7)20(17,18)9-8(10(15)16)4-12-13-9/h4,7H,5-6H2,1-3H3,(H,12,13)(H,15,16). The number of rotatable bonds is 3. The van der Waals surface area contributed by atoms with E-state index in [0.717, 1.165) is 6.20 Å². The number of hydrogen-bond acceptors (Lipinski definition) is 5. The number of aromatic carboxylic acids is 1. The highest BCUT2D eigenvalue weighted by atomic mass is 32.2. The number of nitrogens with one attached hydrogen (secondary N) is 1. The molecular weight excluding hydrogens is 286 g/mol. The van der Waals surface area contributed by atoms with Gasteiger partial charge in [-0.2, -0.15) is 9.40 Å². The Morgan fingerprint density at radius 3 is 2.80 bits per heavy atom. The average Bonchev–Trinajstić information content (AvgIpc) is 2.75. The van der Waals surface area contributed by atoms with E-state index in [1.54, 1.807) is 20.8 Å². The van der Waals surface area contributed by atoms with Gasteiger partial charge in [0.2, 0.25) is 0 Å². The molecule has 20 heavy (non-hydrogen) atoms. The Bertz CT molecular complexity index is 622. The molecule has 0 amide bonds. The Kier molecular flexibility index (Phi) is 3.61. The summed E-state index contributed by atoms with van der Waals surface area (Å²) in [6.45, 7) is 5.67. The number of morpholine rings is 1. The van der Waals surface area contributed by atoms with Crippen LogP contribution in [-0.2, 0) is 14.8 Å². The summed E-state index contributed by atoms with van der Waals surface area (Å²) in [7, 11) is -3.94. The summed E-state index contributed by atoms with van der Waals surface area (Å²) >= 11 is 0. The zero-order valence-corrected chi connectivity index (χ0v) is 12.3. The first-order valence-electron chi connectivity index (χ1n) is 6.08. The summed E-state index contributed by atoms with van der Waals surface area (Å²) in [6.07, 6.45) is 0.717. The van der Waals surface area contributed by atoms with Crippen LogP contribution in [0, 0.1) is 0 Å². The highest BCUT2D eigenvalue weighted by molar-refractivity contribution is 7.89. The Morgan fingerprint density at radius 2 is 2.25 bits per heavy atom. The molecule has 0 bridgehead atoms. The molecule has 1 aliphatic heterocycles. The molecule has 2 rings (SSSR count). The zero-order valence-electron chi connectivity index (χ0n) is 11.5. The van der Waals surface area contributed by atoms with Crippen molar-refractivity contribution in [2.45, 2.75) is 37.5 Å². The predicted molar refractivity (Wildman–Crippen MR) is 68.9 cm³/mol. The van der Waals surface area contributed by atoms with Crippen LogP contribution in [0.3, 0.4) is 0 Å². The summed E-state index contributed by atoms with van der Waals surface area (Å²) in [4.78, 5) is 11.0. The van der Waals surface area contributed by atoms with Crippen LogP contribution in [0.15, 0.2) is 11.2 Å². The van der Waals surface area contributed by atoms with Gasteiger partial charge in [-0.15, -0.1) is 0 Å². The lowest BCUT2D eigenvalue weighted by molar-refractivity contribution is -0.109. The van der Waals surface area contributed by atoms with Crippen LogP contribution < -0.4 is 0 Å². The third kappa shape index (κ3) is 2.69. The second kappa shape index (κ2) is 4.83. The Hall–Kier alpha value is -1.45. The number of sulfonamides is 1. The third-order valence-electron chi connectivity index (χ3n) is 2.97. The molecule has 1 aromatic heterocycles. The normalized spacial score (nSPS) is 23.6. The van der Waals surface area contributed by atoms with Gasteiger partial charge in [0.15, 0.2) is 5.03 Å². The lowest BCUT2D eigenvalue weighted by Crippen LogP contribution is -2.53. The molecule has 2 heterocycles. The zero-order chi connectivity index (χ0) is 15.1. The van der Waals surface area contributed by atoms with Gasteiger partial charge in [0.05, 0.1) is 17.9 Å². The highest BCUT2D eigenvalue weighted by Gasteiger charge is 2.40. The van der Waals surface area contributed by atoms with E-state index in [4.69, 9.17) is 9.84 Å². The van der Waals surface area contributed by atoms with Crippen molar-refractivity contribution in [3.05, 3.63) is 11.8 Å². The van der Waals surface area contributed by atoms with Crippen LogP contribution in [0.4, 0.5) is 0 Å². The number of nitrogens with zero attached hydrogens (tertiary/aromatic N) is 2. The topological polar surface area (TPSA) is 113 Å². The maximum absolute atomic E-state index is 12.5. The number of aromatic amines is 1. The molecule has 8 nitrogen and oxygen atoms in total. The summed E-state index contributed by atoms with van der Waals surface area (Å²) in [5.74, 6) is -1.34. The largest absolute Gasteiger partial charge is 0.478 e. The number of carbonyl (C=O) groups is 1. The highest BCUT2D eigenvalue weighted by Crippen LogP contribution is 2.26. The number of carboxylic acids is 1. The van der Waals surface area contributed by atoms with Gasteiger partial charge < -0.3 is 9.84 Å². The van der Waals surface area contributed by atoms with E-state index in [1.807, 2.05) is 0 Å². The first kappa shape index (κ1) is 14.9. The molecule has 9 heteroatoms. The van der Waals surface area contributed by atoms with Crippen molar-refractivity contribution >= 4 is 16.0 Å². The fraction of sp³-hybridized carbons (Fsp3) is 0.636. The lowest BCUT2D eigenvalue weighted by Gasteiger charge is -2.40. The van der Waals surface area contributed by atoms with Crippen molar-refractivity contribution in [2.24, 2.45) is 0 Å². The fourth-order valence-corrected chi connectivity index (χ4v) is 4.06. The van der Waals surface area contributed by atoms with E-state index in [9.17, 15) is 13.2 Å². The predicted octanol–water partition coefficient (Wildman–Crippen LogP) is 0.296. The minimum absolute atomic E-state index is 0.151. The molecule has 1 fully saturated rings. The number of hydrogen-bond donors (Lipinski definition) is 2. The fourth-order valence-electron chi connectivity index (χ4n) is 2.33. The van der Waals surface area contributed by atoms with Crippen molar-refractivity contribution in [1.29, 1.82) is 0 Å². The minimum atomic E-state index is -3.94. The molecule has 1 saturated heterocycles. The first-order valence-corrected chi connectivity index (χ1v) is 7.52. The van der Waals surface area contributed by atoms with Gasteiger partial charge in [-0.25, -0.2) is 13.2 Å². The molecule has 0 aliphatic carbocycles. The number of carboxylic acid groups (broad SMARTS) is 1. The molecule has 1 aromatic rings. The van der Waals surface area contributed by atoms with Crippen molar-refractivity contribution in [3.8, 4) is 0 Å². The smallest absolute Gasteiger partial charge is 0.340 e. The maximum atomic E-state index is 12.5. The average molecular weight is 303 g/mol. The molecule has 0 spiro atoms. The molecule has 0 radical (unpaired) electrons. The van der Waals surface area contributed by atoms with Gasteiger partial charge in [0, 0.05) is 13.1 Å². The van der Waals surface area contributed by atoms with Gasteiger partial charge >= 0.3 is 5.97 Å². The van der Waals surface area contributed by atoms with Gasteiger partial charge in [-0.1, -0.05) is 0 Å². The second-order valence-electron chi connectivity index (χ2n) is 5.40. The van der Waals surface area contributed by atoms with Crippen molar-refractivity contribution in [2.75, 3.05) is 13.1 Å². The third-order valence-corrected chi connectivity index (χ3v) is 4.76. The monoisotopic (exact) mass is 303 g/mol. The molecule has 1 atom stereocenters. The number of H-pyrrole nitrogens is 1. The lowest BCUT2D eigenvalue weighted by atomic mass is 10.1. The van der Waals surface area contributed by atoms with Crippen LogP contribution >= 0.6 is 0 Å². The molecule has 2 N–H and O–H groups in total. The van der Waals surface area contributed by atoms with E-state index in [-0.39, 0.29) is 24.8 Å². The molecule has 1 aliphatic rings. The Morgan fingerprint density at radius 1 is 1.60 bits per heavy atom. The first-order chi connectivity index (χ1) is 9.13. The van der Waals surface area contributed by atoms with Crippen LogP contribution in [0.25, 0.3) is 0 Å². The van der Waals surface area contributed by atoms with Crippen molar-refractivity contribution in [1.82, 2.24) is 14.5 Å². The molecule has 0 saturated carbocycles. The van der Waals surface area contributed by atoms with Crippen LogP contribution in [0.1, 0.15) is 31.1 Å². The molecule has 0 aromatic carbocycles. The summed E-state index contributed by atoms with van der Waals surface area (Å²) in [5, 5.41) is 14.4. The van der Waals surface area contributed by atoms with Crippen molar-refractivity contribution < 1.29 is 23.1 Å². The summed E-state index contributed by atoms with van der Waals surface area (Å²) in [5.41, 5.74) is -0.990. The maximum Gasteiger partial charge on any atom is 0.340 e. The number of ether oxygens (including phenoxy) is 1. The number of aromatic nitrogens is 2. The van der Waals surface area contributed by atoms with Gasteiger partial charge in [0.1, 0.15) is 5.56 Å². The van der Waals surface area contributed by atoms with Crippen molar-refractivity contribution in [3.63, 3.8) is 0 Å². The molecular formula is C11H17N3O5S. The van der Waals surface area contributed by atoms with Gasteiger partial charge in [-0.3, -0.25) is 5.10 Å². The van der Waals surface area contributed by atoms with Crippen LogP contribution in [0.2, 0.25) is 0 Å². The quantitative estimate of drug-likeness (QED) is 0.830.